The van der Waals surface area contributed by atoms with Crippen molar-refractivity contribution in [1.82, 2.24) is 19.7 Å². The van der Waals surface area contributed by atoms with Crippen LogP contribution in [0.3, 0.4) is 0 Å². The fourth-order valence-corrected chi connectivity index (χ4v) is 5.92. The molecule has 2 fully saturated rings. The van der Waals surface area contributed by atoms with Crippen molar-refractivity contribution in [2.75, 3.05) is 40.3 Å². The lowest BCUT2D eigenvalue weighted by molar-refractivity contribution is 0.0630. The number of nitrogens with zero attached hydrogens (tertiary/aromatic N) is 5. The number of amides is 2. The van der Waals surface area contributed by atoms with Gasteiger partial charge in [0.15, 0.2) is 5.78 Å². The molecule has 1 aromatic heterocycles. The largest absolute Gasteiger partial charge is 0.497 e. The maximum atomic E-state index is 13.2. The van der Waals surface area contributed by atoms with Crippen molar-refractivity contribution >= 4 is 17.6 Å². The molecule has 43 heavy (non-hydrogen) atoms. The number of hydrogen-bond donors (Lipinski definition) is 0. The minimum absolute atomic E-state index is 0.0943. The number of ether oxygens (including phenoxy) is 1. The lowest BCUT2D eigenvalue weighted by Crippen LogP contribution is -2.45. The van der Waals surface area contributed by atoms with Crippen LogP contribution in [0.4, 0.5) is 0 Å². The molecule has 0 spiro atoms. The van der Waals surface area contributed by atoms with Gasteiger partial charge in [-0.3, -0.25) is 24.3 Å². The third-order valence-electron chi connectivity index (χ3n) is 8.67. The molecule has 2 aliphatic heterocycles. The molecule has 0 atom stereocenters. The molecule has 9 nitrogen and oxygen atoms in total. The summed E-state index contributed by atoms with van der Waals surface area (Å²) in [4.78, 5) is 49.5. The zero-order valence-electron chi connectivity index (χ0n) is 24.7. The summed E-state index contributed by atoms with van der Waals surface area (Å²) < 4.78 is 5.17. The zero-order chi connectivity index (χ0) is 30.3. The Labute approximate surface area is 252 Å². The molecule has 0 aliphatic carbocycles. The third-order valence-corrected chi connectivity index (χ3v) is 8.67. The van der Waals surface area contributed by atoms with Gasteiger partial charge in [-0.2, -0.15) is 5.26 Å². The number of benzene rings is 2. The number of Topliss-reactive ketones (excluding diaryl/α,β-unsaturated/α-hetero) is 1. The first-order chi connectivity index (χ1) is 20.9. The molecule has 0 unspecified atom stereocenters. The van der Waals surface area contributed by atoms with Crippen molar-refractivity contribution in [1.29, 1.82) is 5.26 Å². The van der Waals surface area contributed by atoms with E-state index in [0.717, 1.165) is 32.5 Å². The number of carbonyl (C=O) groups excluding carboxylic acids is 3. The van der Waals surface area contributed by atoms with Crippen LogP contribution in [0.15, 0.2) is 66.9 Å². The Morgan fingerprint density at radius 1 is 0.907 bits per heavy atom. The topological polar surface area (TPSA) is 107 Å². The number of piperidine rings is 2. The lowest BCUT2D eigenvalue weighted by Gasteiger charge is -2.36. The molecule has 0 radical (unpaired) electrons. The molecule has 0 bridgehead atoms. The third kappa shape index (κ3) is 7.09. The smallest absolute Gasteiger partial charge is 0.272 e. The van der Waals surface area contributed by atoms with Gasteiger partial charge in [0, 0.05) is 63.5 Å². The number of likely N-dealkylation sites (tertiary alicyclic amines) is 2. The van der Waals surface area contributed by atoms with Gasteiger partial charge in [0.1, 0.15) is 11.4 Å². The summed E-state index contributed by atoms with van der Waals surface area (Å²) in [6.07, 6.45) is 4.44. The first-order valence-corrected chi connectivity index (χ1v) is 14.8. The lowest BCUT2D eigenvalue weighted by atomic mass is 9.88. The Bertz CT molecular complexity index is 1470. The summed E-state index contributed by atoms with van der Waals surface area (Å²) in [6.45, 7) is 3.57. The van der Waals surface area contributed by atoms with Gasteiger partial charge in [-0.05, 0) is 79.8 Å². The number of rotatable bonds is 8. The van der Waals surface area contributed by atoms with Crippen LogP contribution in [0, 0.1) is 17.2 Å². The van der Waals surface area contributed by atoms with E-state index in [1.807, 2.05) is 31.3 Å². The van der Waals surface area contributed by atoms with Crippen molar-refractivity contribution in [2.24, 2.45) is 5.92 Å². The van der Waals surface area contributed by atoms with Crippen molar-refractivity contribution in [2.45, 2.75) is 38.3 Å². The molecule has 2 aromatic carbocycles. The summed E-state index contributed by atoms with van der Waals surface area (Å²) >= 11 is 0. The van der Waals surface area contributed by atoms with Crippen LogP contribution in [-0.4, -0.2) is 83.7 Å². The summed E-state index contributed by atoms with van der Waals surface area (Å²) in [5.41, 5.74) is 3.26. The van der Waals surface area contributed by atoms with Gasteiger partial charge in [-0.1, -0.05) is 12.1 Å². The van der Waals surface area contributed by atoms with Crippen molar-refractivity contribution in [3.05, 3.63) is 94.8 Å². The van der Waals surface area contributed by atoms with E-state index < -0.39 is 0 Å². The van der Waals surface area contributed by atoms with Crippen molar-refractivity contribution in [3.8, 4) is 11.8 Å². The van der Waals surface area contributed by atoms with Gasteiger partial charge in [0.2, 0.25) is 0 Å². The van der Waals surface area contributed by atoms with E-state index in [2.05, 4.69) is 16.0 Å². The minimum Gasteiger partial charge on any atom is -0.497 e. The Morgan fingerprint density at radius 3 is 2.14 bits per heavy atom. The highest BCUT2D eigenvalue weighted by molar-refractivity contribution is 5.99. The second-order valence-electron chi connectivity index (χ2n) is 11.3. The highest BCUT2D eigenvalue weighted by Gasteiger charge is 2.30. The van der Waals surface area contributed by atoms with E-state index in [9.17, 15) is 14.4 Å². The number of carbonyl (C=O) groups is 3. The van der Waals surface area contributed by atoms with E-state index in [1.165, 1.54) is 11.8 Å². The fraction of sp³-hybridized carbons (Fsp3) is 0.382. The predicted octanol–water partition coefficient (Wildman–Crippen LogP) is 4.43. The van der Waals surface area contributed by atoms with Gasteiger partial charge >= 0.3 is 0 Å². The molecule has 3 heterocycles. The van der Waals surface area contributed by atoms with Crippen LogP contribution in [0.2, 0.25) is 0 Å². The Kier molecular flexibility index (Phi) is 9.48. The van der Waals surface area contributed by atoms with Crippen molar-refractivity contribution < 1.29 is 19.1 Å². The zero-order valence-corrected chi connectivity index (χ0v) is 24.7. The second-order valence-corrected chi connectivity index (χ2v) is 11.3. The van der Waals surface area contributed by atoms with E-state index in [4.69, 9.17) is 10.00 Å². The molecular weight excluding hydrogens is 542 g/mol. The van der Waals surface area contributed by atoms with Gasteiger partial charge in [0.25, 0.3) is 11.8 Å². The highest BCUT2D eigenvalue weighted by Crippen LogP contribution is 2.24. The van der Waals surface area contributed by atoms with Crippen LogP contribution in [-0.2, 0) is 6.54 Å². The number of aromatic nitrogens is 1. The SMILES string of the molecule is COc1ccc(C(=O)C2CCN(C(=O)c3ccc(C(=O)N(C)C4CCN(Cc5ccc(C#N)cc5)CC4)cn3)CC2)cc1. The van der Waals surface area contributed by atoms with Crippen LogP contribution >= 0.6 is 0 Å². The highest BCUT2D eigenvalue weighted by atomic mass is 16.5. The van der Waals surface area contributed by atoms with Crippen LogP contribution in [0.1, 0.15) is 68.0 Å². The molecule has 2 aliphatic rings. The molecule has 3 aromatic rings. The number of pyridine rings is 1. The molecule has 5 rings (SSSR count). The average Bonchev–Trinajstić information content (AvgIpc) is 3.08. The van der Waals surface area contributed by atoms with Crippen LogP contribution in [0.5, 0.6) is 5.75 Å². The van der Waals surface area contributed by atoms with Gasteiger partial charge < -0.3 is 14.5 Å². The molecule has 2 amide bonds. The maximum Gasteiger partial charge on any atom is 0.272 e. The monoisotopic (exact) mass is 579 g/mol. The number of ketones is 1. The Balaban J connectivity index is 1.09. The molecule has 0 saturated carbocycles. The molecule has 2 saturated heterocycles. The molecule has 0 N–H and O–H groups in total. The number of methoxy groups -OCH3 is 1. The van der Waals surface area contributed by atoms with Crippen LogP contribution < -0.4 is 4.74 Å². The predicted molar refractivity (Wildman–Crippen MR) is 162 cm³/mol. The summed E-state index contributed by atoms with van der Waals surface area (Å²) in [5, 5.41) is 8.99. The maximum absolute atomic E-state index is 13.2. The van der Waals surface area contributed by atoms with E-state index in [0.29, 0.717) is 54.1 Å². The van der Waals surface area contributed by atoms with E-state index >= 15 is 0 Å². The first-order valence-electron chi connectivity index (χ1n) is 14.8. The number of hydrogen-bond acceptors (Lipinski definition) is 7. The normalized spacial score (nSPS) is 16.3. The van der Waals surface area contributed by atoms with Gasteiger partial charge in [-0.25, -0.2) is 0 Å². The molecule has 222 valence electrons. The summed E-state index contributed by atoms with van der Waals surface area (Å²) in [7, 11) is 3.43. The van der Waals surface area contributed by atoms with E-state index in [-0.39, 0.29) is 29.6 Å². The Hall–Kier alpha value is -4.55. The average molecular weight is 580 g/mol. The number of nitriles is 1. The molecular formula is C34H37N5O4. The van der Waals surface area contributed by atoms with Crippen LogP contribution in [0.25, 0.3) is 0 Å². The second kappa shape index (κ2) is 13.6. The summed E-state index contributed by atoms with van der Waals surface area (Å²) in [6, 6.07) is 20.4. The van der Waals surface area contributed by atoms with Gasteiger partial charge in [-0.15, -0.1) is 0 Å². The van der Waals surface area contributed by atoms with Crippen molar-refractivity contribution in [3.63, 3.8) is 0 Å². The van der Waals surface area contributed by atoms with Gasteiger partial charge in [0.05, 0.1) is 24.3 Å². The van der Waals surface area contributed by atoms with E-state index in [1.54, 1.807) is 53.3 Å². The Morgan fingerprint density at radius 2 is 1.56 bits per heavy atom. The standard InChI is InChI=1S/C34H37N5O4/c1-37(29-15-17-38(18-16-29)23-25-5-3-24(21-35)4-6-25)33(41)28-9-12-31(36-22-28)34(42)39-19-13-27(14-20-39)32(40)26-7-10-30(43-2)11-8-26/h3-12,22,27,29H,13-20,23H2,1-2H3. The molecule has 9 heteroatoms. The minimum atomic E-state index is -0.183. The fourth-order valence-electron chi connectivity index (χ4n) is 5.92. The summed E-state index contributed by atoms with van der Waals surface area (Å²) in [5.74, 6) is 0.398. The quantitative estimate of drug-likeness (QED) is 0.364. The first kappa shape index (κ1) is 29.9.